The molecule has 0 aliphatic rings. The fourth-order valence-corrected chi connectivity index (χ4v) is 1.99. The third-order valence-electron chi connectivity index (χ3n) is 2.85. The Morgan fingerprint density at radius 3 is 2.59 bits per heavy atom. The van der Waals surface area contributed by atoms with Crippen LogP contribution in [0.2, 0.25) is 0 Å². The lowest BCUT2D eigenvalue weighted by Gasteiger charge is -2.10. The van der Waals surface area contributed by atoms with Gasteiger partial charge in [-0.05, 0) is 19.1 Å². The highest BCUT2D eigenvalue weighted by atomic mass is 19.4. The summed E-state index contributed by atoms with van der Waals surface area (Å²) in [5, 5.41) is 3.93. The average Bonchev–Trinajstić information content (AvgIpc) is 3.06. The molecule has 0 atom stereocenters. The van der Waals surface area contributed by atoms with Gasteiger partial charge in [0.25, 0.3) is 0 Å². The number of rotatable bonds is 2. The highest BCUT2D eigenvalue weighted by Crippen LogP contribution is 2.33. The lowest BCUT2D eigenvalue weighted by atomic mass is 10.3. The Kier molecular flexibility index (Phi) is 3.12. The molecule has 0 spiro atoms. The van der Waals surface area contributed by atoms with E-state index in [9.17, 15) is 13.2 Å². The number of nitrogen functional groups attached to an aromatic ring is 1. The Balaban J connectivity index is 2.21. The second-order valence-corrected chi connectivity index (χ2v) is 4.53. The molecule has 3 rings (SSSR count). The molecule has 0 aliphatic heterocycles. The molecule has 0 fully saturated rings. The molecule has 6 nitrogen and oxygen atoms in total. The van der Waals surface area contributed by atoms with Gasteiger partial charge in [0.1, 0.15) is 5.69 Å². The zero-order valence-corrected chi connectivity index (χ0v) is 11.3. The molecule has 0 amide bonds. The van der Waals surface area contributed by atoms with Crippen LogP contribution in [0.25, 0.3) is 17.3 Å². The van der Waals surface area contributed by atoms with Gasteiger partial charge in [-0.15, -0.1) is 0 Å². The first-order valence-electron chi connectivity index (χ1n) is 6.17. The van der Waals surface area contributed by atoms with Gasteiger partial charge in [0.2, 0.25) is 5.95 Å². The van der Waals surface area contributed by atoms with Gasteiger partial charge in [-0.1, -0.05) is 0 Å². The Morgan fingerprint density at radius 1 is 1.23 bits per heavy atom. The minimum atomic E-state index is -4.61. The van der Waals surface area contributed by atoms with Crippen LogP contribution >= 0.6 is 0 Å². The van der Waals surface area contributed by atoms with Crippen molar-refractivity contribution in [2.24, 2.45) is 0 Å². The van der Waals surface area contributed by atoms with Gasteiger partial charge in [0.15, 0.2) is 17.3 Å². The highest BCUT2D eigenvalue weighted by molar-refractivity contribution is 5.53. The van der Waals surface area contributed by atoms with E-state index in [1.165, 1.54) is 18.4 Å². The van der Waals surface area contributed by atoms with E-state index < -0.39 is 11.9 Å². The smallest absolute Gasteiger partial charge is 0.433 e. The Labute approximate surface area is 122 Å². The lowest BCUT2D eigenvalue weighted by molar-refractivity contribution is -0.142. The molecule has 0 radical (unpaired) electrons. The molecule has 3 heterocycles. The van der Waals surface area contributed by atoms with Crippen molar-refractivity contribution in [2.75, 3.05) is 5.73 Å². The quantitative estimate of drug-likeness (QED) is 0.787. The van der Waals surface area contributed by atoms with Crippen LogP contribution in [-0.4, -0.2) is 19.7 Å². The van der Waals surface area contributed by atoms with Crippen molar-refractivity contribution >= 4 is 5.95 Å². The number of alkyl halides is 3. The third kappa shape index (κ3) is 2.52. The van der Waals surface area contributed by atoms with Gasteiger partial charge in [0.05, 0.1) is 6.26 Å². The fraction of sp³-hybridized carbons (Fsp3) is 0.154. The number of nitrogens with zero attached hydrogens (tertiary/aromatic N) is 4. The minimum absolute atomic E-state index is 0.0483. The molecule has 0 aliphatic carbocycles. The first-order chi connectivity index (χ1) is 10.3. The molecule has 114 valence electrons. The number of anilines is 1. The first-order valence-corrected chi connectivity index (χ1v) is 6.17. The maximum absolute atomic E-state index is 13.2. The van der Waals surface area contributed by atoms with Crippen molar-refractivity contribution in [2.45, 2.75) is 13.1 Å². The molecular formula is C13H10F3N5O. The second kappa shape index (κ2) is 4.86. The van der Waals surface area contributed by atoms with Gasteiger partial charge < -0.3 is 10.2 Å². The third-order valence-corrected chi connectivity index (χ3v) is 2.85. The van der Waals surface area contributed by atoms with Gasteiger partial charge in [-0.2, -0.15) is 23.3 Å². The Morgan fingerprint density at radius 2 is 2.00 bits per heavy atom. The standard InChI is InChI=1S/C13H10F3N5O/c1-7-5-11(19-12(17)18-7)21-10(13(14,15)16)6-8(20-21)9-3-2-4-22-9/h2-6H,1H3,(H2,17,18,19). The van der Waals surface area contributed by atoms with Crippen LogP contribution in [0.5, 0.6) is 0 Å². The van der Waals surface area contributed by atoms with Crippen LogP contribution in [-0.2, 0) is 6.18 Å². The maximum Gasteiger partial charge on any atom is 0.433 e. The lowest BCUT2D eigenvalue weighted by Crippen LogP contribution is -2.15. The molecule has 0 saturated carbocycles. The molecule has 9 heteroatoms. The number of halogens is 3. The summed E-state index contributed by atoms with van der Waals surface area (Å²) in [4.78, 5) is 7.64. The van der Waals surface area contributed by atoms with Crippen molar-refractivity contribution in [3.8, 4) is 17.3 Å². The van der Waals surface area contributed by atoms with E-state index in [1.807, 2.05) is 0 Å². The van der Waals surface area contributed by atoms with E-state index in [0.717, 1.165) is 6.07 Å². The van der Waals surface area contributed by atoms with E-state index in [2.05, 4.69) is 15.1 Å². The van der Waals surface area contributed by atoms with Crippen molar-refractivity contribution in [3.05, 3.63) is 41.9 Å². The molecule has 0 bridgehead atoms. The molecule has 22 heavy (non-hydrogen) atoms. The topological polar surface area (TPSA) is 82.8 Å². The summed E-state index contributed by atoms with van der Waals surface area (Å²) in [6, 6.07) is 5.35. The Hall–Kier alpha value is -2.84. The summed E-state index contributed by atoms with van der Waals surface area (Å²) in [6.45, 7) is 1.60. The maximum atomic E-state index is 13.2. The van der Waals surface area contributed by atoms with Gasteiger partial charge >= 0.3 is 6.18 Å². The number of hydrogen-bond acceptors (Lipinski definition) is 5. The van der Waals surface area contributed by atoms with Crippen molar-refractivity contribution in [1.82, 2.24) is 19.7 Å². The van der Waals surface area contributed by atoms with Gasteiger partial charge in [-0.25, -0.2) is 9.67 Å². The predicted molar refractivity (Wildman–Crippen MR) is 71.0 cm³/mol. The fourth-order valence-electron chi connectivity index (χ4n) is 1.99. The van der Waals surface area contributed by atoms with Gasteiger partial charge in [0, 0.05) is 17.8 Å². The van der Waals surface area contributed by atoms with E-state index in [0.29, 0.717) is 10.4 Å². The molecule has 3 aromatic rings. The molecule has 0 saturated heterocycles. The second-order valence-electron chi connectivity index (χ2n) is 4.53. The zero-order valence-electron chi connectivity index (χ0n) is 11.3. The number of hydrogen-bond donors (Lipinski definition) is 1. The van der Waals surface area contributed by atoms with E-state index in [1.54, 1.807) is 13.0 Å². The summed E-state index contributed by atoms with van der Waals surface area (Å²) < 4.78 is 45.4. The number of aromatic nitrogens is 4. The van der Waals surface area contributed by atoms with E-state index >= 15 is 0 Å². The average molecular weight is 309 g/mol. The molecule has 0 aromatic carbocycles. The number of furan rings is 1. The van der Waals surface area contributed by atoms with Crippen molar-refractivity contribution in [1.29, 1.82) is 0 Å². The van der Waals surface area contributed by atoms with Crippen LogP contribution in [0.1, 0.15) is 11.4 Å². The summed E-state index contributed by atoms with van der Waals surface area (Å²) in [5.74, 6) is 0.0382. The van der Waals surface area contributed by atoms with Crippen LogP contribution in [0.3, 0.4) is 0 Å². The number of aryl methyl sites for hydroxylation is 1. The normalized spacial score (nSPS) is 11.8. The monoisotopic (exact) mass is 309 g/mol. The SMILES string of the molecule is Cc1cc(-n2nc(-c3ccco3)cc2C(F)(F)F)nc(N)n1. The van der Waals surface area contributed by atoms with Crippen LogP contribution in [0.4, 0.5) is 19.1 Å². The summed E-state index contributed by atoms with van der Waals surface area (Å²) in [6.07, 6.45) is -3.25. The zero-order chi connectivity index (χ0) is 15.9. The van der Waals surface area contributed by atoms with Crippen LogP contribution in [0.15, 0.2) is 34.9 Å². The van der Waals surface area contributed by atoms with Crippen LogP contribution < -0.4 is 5.73 Å². The van der Waals surface area contributed by atoms with Gasteiger partial charge in [-0.3, -0.25) is 0 Å². The molecule has 0 unspecified atom stereocenters. The highest BCUT2D eigenvalue weighted by Gasteiger charge is 2.37. The minimum Gasteiger partial charge on any atom is -0.463 e. The largest absolute Gasteiger partial charge is 0.463 e. The van der Waals surface area contributed by atoms with E-state index in [4.69, 9.17) is 10.2 Å². The Bertz CT molecular complexity index is 787. The summed E-state index contributed by atoms with van der Waals surface area (Å²) >= 11 is 0. The first kappa shape index (κ1) is 14.1. The van der Waals surface area contributed by atoms with Crippen molar-refractivity contribution in [3.63, 3.8) is 0 Å². The van der Waals surface area contributed by atoms with Crippen LogP contribution in [0, 0.1) is 6.92 Å². The van der Waals surface area contributed by atoms with E-state index in [-0.39, 0.29) is 23.2 Å². The van der Waals surface area contributed by atoms with Crippen molar-refractivity contribution < 1.29 is 17.6 Å². The summed E-state index contributed by atoms with van der Waals surface area (Å²) in [7, 11) is 0. The molecule has 3 aromatic heterocycles. The summed E-state index contributed by atoms with van der Waals surface area (Å²) in [5.41, 5.74) is 5.00. The predicted octanol–water partition coefficient (Wildman–Crippen LogP) is 2.83. The molecular weight excluding hydrogens is 299 g/mol. The molecule has 2 N–H and O–H groups in total. The number of nitrogens with two attached hydrogens (primary N) is 1.